The highest BCUT2D eigenvalue weighted by Gasteiger charge is 2.39. The molecule has 172 valence electrons. The van der Waals surface area contributed by atoms with E-state index in [2.05, 4.69) is 12.2 Å². The maximum absolute atomic E-state index is 13.2. The summed E-state index contributed by atoms with van der Waals surface area (Å²) in [4.78, 5) is 42.1. The van der Waals surface area contributed by atoms with Crippen LogP contribution < -0.4 is 10.2 Å². The van der Waals surface area contributed by atoms with E-state index in [0.717, 1.165) is 48.3 Å². The summed E-state index contributed by atoms with van der Waals surface area (Å²) < 4.78 is 0. The number of nitrogens with one attached hydrogen (secondary N) is 1. The van der Waals surface area contributed by atoms with Gasteiger partial charge in [0.2, 0.25) is 0 Å². The Kier molecular flexibility index (Phi) is 6.56. The van der Waals surface area contributed by atoms with Gasteiger partial charge in [0.25, 0.3) is 17.7 Å². The molecule has 33 heavy (non-hydrogen) atoms. The number of likely N-dealkylation sites (tertiary alicyclic amines) is 1. The standard InChI is InChI=1S/C26H28ClN3O3/c1-4-20-10-5-6-11-29(20)24(31)18-8-7-9-19(15-18)28-23-22(27)25(32)30(26(23)33)21-13-16(2)12-17(3)14-21/h7-9,12-15,20,28H,4-6,10-11H2,1-3H3. The second-order valence-corrected chi connectivity index (χ2v) is 9.12. The first-order valence-corrected chi connectivity index (χ1v) is 11.7. The van der Waals surface area contributed by atoms with Crippen LogP contribution in [0.5, 0.6) is 0 Å². The van der Waals surface area contributed by atoms with E-state index < -0.39 is 11.8 Å². The fourth-order valence-corrected chi connectivity index (χ4v) is 4.87. The maximum Gasteiger partial charge on any atom is 0.283 e. The molecule has 2 aromatic carbocycles. The lowest BCUT2D eigenvalue weighted by molar-refractivity contribution is -0.120. The SMILES string of the molecule is CCC1CCCCN1C(=O)c1cccc(NC2=C(Cl)C(=O)N(c3cc(C)cc(C)c3)C2=O)c1. The van der Waals surface area contributed by atoms with Gasteiger partial charge in [0.15, 0.2) is 0 Å². The summed E-state index contributed by atoms with van der Waals surface area (Å²) >= 11 is 6.29. The van der Waals surface area contributed by atoms with E-state index in [1.807, 2.05) is 24.8 Å². The molecule has 0 aliphatic carbocycles. The zero-order valence-corrected chi connectivity index (χ0v) is 19.9. The third-order valence-corrected chi connectivity index (χ3v) is 6.58. The highest BCUT2D eigenvalue weighted by Crippen LogP contribution is 2.31. The van der Waals surface area contributed by atoms with Crippen molar-refractivity contribution < 1.29 is 14.4 Å². The van der Waals surface area contributed by atoms with Crippen molar-refractivity contribution in [3.8, 4) is 0 Å². The van der Waals surface area contributed by atoms with Crippen molar-refractivity contribution in [1.29, 1.82) is 0 Å². The number of benzene rings is 2. The maximum atomic E-state index is 13.2. The predicted molar refractivity (Wildman–Crippen MR) is 130 cm³/mol. The highest BCUT2D eigenvalue weighted by atomic mass is 35.5. The van der Waals surface area contributed by atoms with Crippen molar-refractivity contribution in [1.82, 2.24) is 4.90 Å². The number of piperidine rings is 1. The summed E-state index contributed by atoms with van der Waals surface area (Å²) in [6, 6.07) is 12.8. The Morgan fingerprint density at radius 1 is 1.06 bits per heavy atom. The zero-order chi connectivity index (χ0) is 23.7. The number of hydrogen-bond donors (Lipinski definition) is 1. The van der Waals surface area contributed by atoms with Crippen LogP contribution in [0.1, 0.15) is 54.1 Å². The van der Waals surface area contributed by atoms with Gasteiger partial charge in [-0.25, -0.2) is 4.90 Å². The third kappa shape index (κ3) is 4.53. The summed E-state index contributed by atoms with van der Waals surface area (Å²) in [6.07, 6.45) is 4.10. The lowest BCUT2D eigenvalue weighted by Crippen LogP contribution is -2.43. The molecule has 1 N–H and O–H groups in total. The Hall–Kier alpha value is -3.12. The summed E-state index contributed by atoms with van der Waals surface area (Å²) in [5.41, 5.74) is 3.45. The number of carbonyl (C=O) groups is 3. The minimum absolute atomic E-state index is 0.00910. The molecule has 4 rings (SSSR count). The first-order chi connectivity index (χ1) is 15.8. The molecule has 0 aromatic heterocycles. The van der Waals surface area contributed by atoms with Gasteiger partial charge in [-0.15, -0.1) is 0 Å². The van der Waals surface area contributed by atoms with Crippen molar-refractivity contribution in [3.05, 3.63) is 69.9 Å². The molecule has 0 saturated carbocycles. The molecule has 3 amide bonds. The Bertz CT molecular complexity index is 1140. The molecule has 1 fully saturated rings. The molecule has 0 spiro atoms. The monoisotopic (exact) mass is 465 g/mol. The molecule has 0 bridgehead atoms. The molecule has 2 aromatic rings. The number of aryl methyl sites for hydroxylation is 2. The first kappa shape index (κ1) is 23.1. The summed E-state index contributed by atoms with van der Waals surface area (Å²) in [6.45, 7) is 6.67. The lowest BCUT2D eigenvalue weighted by Gasteiger charge is -2.35. The fraction of sp³-hybridized carbons (Fsp3) is 0.346. The van der Waals surface area contributed by atoms with E-state index in [4.69, 9.17) is 11.6 Å². The summed E-state index contributed by atoms with van der Waals surface area (Å²) in [5, 5.41) is 2.82. The number of anilines is 2. The molecule has 1 atom stereocenters. The van der Waals surface area contributed by atoms with Gasteiger partial charge in [0.1, 0.15) is 10.7 Å². The summed E-state index contributed by atoms with van der Waals surface area (Å²) in [5.74, 6) is -1.11. The number of imide groups is 1. The average Bonchev–Trinajstić information content (AvgIpc) is 3.01. The highest BCUT2D eigenvalue weighted by molar-refractivity contribution is 6.53. The number of halogens is 1. The number of amides is 3. The molecule has 6 nitrogen and oxygen atoms in total. The first-order valence-electron chi connectivity index (χ1n) is 11.3. The Labute approximate surface area is 199 Å². The number of carbonyl (C=O) groups excluding carboxylic acids is 3. The lowest BCUT2D eigenvalue weighted by atomic mass is 9.99. The molecule has 7 heteroatoms. The van der Waals surface area contributed by atoms with Crippen LogP contribution in [-0.4, -0.2) is 35.2 Å². The van der Waals surface area contributed by atoms with Gasteiger partial charge < -0.3 is 10.2 Å². The number of rotatable bonds is 5. The van der Waals surface area contributed by atoms with E-state index in [-0.39, 0.29) is 22.7 Å². The fourth-order valence-electron chi connectivity index (χ4n) is 4.66. The second-order valence-electron chi connectivity index (χ2n) is 8.74. The van der Waals surface area contributed by atoms with Gasteiger partial charge in [0, 0.05) is 23.8 Å². The second kappa shape index (κ2) is 9.40. The molecular formula is C26H28ClN3O3. The van der Waals surface area contributed by atoms with Crippen molar-refractivity contribution in [2.75, 3.05) is 16.8 Å². The zero-order valence-electron chi connectivity index (χ0n) is 19.2. The van der Waals surface area contributed by atoms with Gasteiger partial charge in [-0.2, -0.15) is 0 Å². The van der Waals surface area contributed by atoms with Gasteiger partial charge in [0.05, 0.1) is 5.69 Å². The Morgan fingerprint density at radius 2 is 1.79 bits per heavy atom. The molecule has 2 aliphatic rings. The van der Waals surface area contributed by atoms with Crippen LogP contribution in [0.4, 0.5) is 11.4 Å². The molecule has 1 saturated heterocycles. The van der Waals surface area contributed by atoms with Gasteiger partial charge in [-0.05, 0) is 81.0 Å². The van der Waals surface area contributed by atoms with Crippen LogP contribution in [0.3, 0.4) is 0 Å². The Morgan fingerprint density at radius 3 is 2.48 bits per heavy atom. The molecular weight excluding hydrogens is 438 g/mol. The minimum Gasteiger partial charge on any atom is -0.350 e. The quantitative estimate of drug-likeness (QED) is 0.620. The van der Waals surface area contributed by atoms with Crippen molar-refractivity contribution in [3.63, 3.8) is 0 Å². The van der Waals surface area contributed by atoms with E-state index in [9.17, 15) is 14.4 Å². The molecule has 1 unspecified atom stereocenters. The van der Waals surface area contributed by atoms with Crippen LogP contribution >= 0.6 is 11.6 Å². The van der Waals surface area contributed by atoms with Crippen molar-refractivity contribution >= 4 is 40.7 Å². The van der Waals surface area contributed by atoms with Crippen LogP contribution in [0.2, 0.25) is 0 Å². The van der Waals surface area contributed by atoms with E-state index in [1.165, 1.54) is 0 Å². The molecule has 2 aliphatic heterocycles. The Balaban J connectivity index is 1.57. The van der Waals surface area contributed by atoms with Crippen LogP contribution in [0.15, 0.2) is 53.2 Å². The van der Waals surface area contributed by atoms with E-state index >= 15 is 0 Å². The van der Waals surface area contributed by atoms with Crippen LogP contribution in [0.25, 0.3) is 0 Å². The van der Waals surface area contributed by atoms with E-state index in [1.54, 1.807) is 36.4 Å². The van der Waals surface area contributed by atoms with Gasteiger partial charge in [-0.1, -0.05) is 30.7 Å². The van der Waals surface area contributed by atoms with E-state index in [0.29, 0.717) is 16.9 Å². The largest absolute Gasteiger partial charge is 0.350 e. The third-order valence-electron chi connectivity index (χ3n) is 6.23. The topological polar surface area (TPSA) is 69.7 Å². The molecule has 2 heterocycles. The van der Waals surface area contributed by atoms with Gasteiger partial charge in [-0.3, -0.25) is 14.4 Å². The molecule has 0 radical (unpaired) electrons. The summed E-state index contributed by atoms with van der Waals surface area (Å²) in [7, 11) is 0. The number of hydrogen-bond acceptors (Lipinski definition) is 4. The van der Waals surface area contributed by atoms with Crippen molar-refractivity contribution in [2.24, 2.45) is 0 Å². The van der Waals surface area contributed by atoms with Crippen LogP contribution in [0, 0.1) is 13.8 Å². The minimum atomic E-state index is -0.569. The smallest absolute Gasteiger partial charge is 0.283 e. The average molecular weight is 466 g/mol. The normalized spacial score (nSPS) is 18.8. The number of nitrogens with zero attached hydrogens (tertiary/aromatic N) is 2. The van der Waals surface area contributed by atoms with Crippen molar-refractivity contribution in [2.45, 2.75) is 52.5 Å². The van der Waals surface area contributed by atoms with Gasteiger partial charge >= 0.3 is 0 Å². The van der Waals surface area contributed by atoms with Crippen LogP contribution in [-0.2, 0) is 9.59 Å². The predicted octanol–water partition coefficient (Wildman–Crippen LogP) is 5.14.